The largest absolute Gasteiger partial charge is 0.382 e. The van der Waals surface area contributed by atoms with Crippen molar-refractivity contribution in [3.63, 3.8) is 0 Å². The normalized spacial score (nSPS) is 19.8. The molecule has 2 aliphatic heterocycles. The number of likely N-dealkylation sites (tertiary alicyclic amines) is 1. The second kappa shape index (κ2) is 10.5. The molecule has 2 aromatic rings. The molecule has 0 radical (unpaired) electrons. The first-order valence-corrected chi connectivity index (χ1v) is 11.3. The standard InChI is InChI=1S/C23H32N8O/c1-26-23(30-11-9-19(17-30)29-12-14-32-15-13-29)27-10-5-8-21-20(16-24)22(25)31(28-21)18-6-3-2-4-7-18/h2-4,6-7,19H,5,8-15,17,25H2,1H3,(H,26,27). The molecule has 2 fully saturated rings. The van der Waals surface area contributed by atoms with E-state index in [1.807, 2.05) is 37.4 Å². The van der Waals surface area contributed by atoms with Gasteiger partial charge in [0.15, 0.2) is 5.96 Å². The highest BCUT2D eigenvalue weighted by molar-refractivity contribution is 5.80. The van der Waals surface area contributed by atoms with Gasteiger partial charge in [0, 0.05) is 45.8 Å². The van der Waals surface area contributed by atoms with E-state index in [-0.39, 0.29) is 0 Å². The predicted octanol–water partition coefficient (Wildman–Crippen LogP) is 1.24. The van der Waals surface area contributed by atoms with E-state index in [1.165, 1.54) is 0 Å². The van der Waals surface area contributed by atoms with E-state index in [2.05, 4.69) is 31.3 Å². The van der Waals surface area contributed by atoms with Gasteiger partial charge < -0.3 is 20.7 Å². The first-order chi connectivity index (χ1) is 15.7. The molecule has 0 aliphatic carbocycles. The molecule has 1 unspecified atom stereocenters. The van der Waals surface area contributed by atoms with Crippen molar-refractivity contribution in [3.05, 3.63) is 41.6 Å². The second-order valence-corrected chi connectivity index (χ2v) is 8.18. The molecule has 4 rings (SSSR count). The summed E-state index contributed by atoms with van der Waals surface area (Å²) in [5.74, 6) is 1.33. The van der Waals surface area contributed by atoms with E-state index >= 15 is 0 Å². The number of morpholine rings is 1. The van der Waals surface area contributed by atoms with Gasteiger partial charge in [-0.1, -0.05) is 18.2 Å². The van der Waals surface area contributed by atoms with Gasteiger partial charge in [0.1, 0.15) is 17.5 Å². The van der Waals surface area contributed by atoms with Crippen LogP contribution in [0.4, 0.5) is 5.82 Å². The predicted molar refractivity (Wildman–Crippen MR) is 125 cm³/mol. The first-order valence-electron chi connectivity index (χ1n) is 11.3. The molecular weight excluding hydrogens is 404 g/mol. The van der Waals surface area contributed by atoms with Gasteiger partial charge in [-0.3, -0.25) is 9.89 Å². The summed E-state index contributed by atoms with van der Waals surface area (Å²) in [6.45, 7) is 6.47. The van der Waals surface area contributed by atoms with Crippen LogP contribution in [-0.2, 0) is 11.2 Å². The SMILES string of the molecule is CN=C(NCCCc1nn(-c2ccccc2)c(N)c1C#N)N1CCC(N2CCOCC2)C1. The van der Waals surface area contributed by atoms with Crippen molar-refractivity contribution in [3.8, 4) is 11.8 Å². The summed E-state index contributed by atoms with van der Waals surface area (Å²) in [5.41, 5.74) is 8.26. The van der Waals surface area contributed by atoms with Crippen LogP contribution in [-0.4, -0.2) is 84.6 Å². The number of benzene rings is 1. The van der Waals surface area contributed by atoms with Crippen molar-refractivity contribution in [2.75, 3.05) is 58.7 Å². The zero-order valence-corrected chi connectivity index (χ0v) is 18.7. The number of ether oxygens (including phenoxy) is 1. The maximum atomic E-state index is 9.58. The van der Waals surface area contributed by atoms with Crippen LogP contribution in [0.3, 0.4) is 0 Å². The Morgan fingerprint density at radius 3 is 2.78 bits per heavy atom. The molecule has 0 saturated carbocycles. The summed E-state index contributed by atoms with van der Waals surface area (Å²) < 4.78 is 7.13. The molecule has 3 heterocycles. The molecule has 9 heteroatoms. The number of nitrogen functional groups attached to an aromatic ring is 1. The number of nitrogens with two attached hydrogens (primary N) is 1. The summed E-state index contributed by atoms with van der Waals surface area (Å²) in [7, 11) is 1.83. The number of guanidine groups is 1. The summed E-state index contributed by atoms with van der Waals surface area (Å²) >= 11 is 0. The minimum Gasteiger partial charge on any atom is -0.382 e. The topological polar surface area (TPSA) is 108 Å². The summed E-state index contributed by atoms with van der Waals surface area (Å²) in [6, 6.07) is 12.5. The van der Waals surface area contributed by atoms with Gasteiger partial charge in [-0.15, -0.1) is 0 Å². The van der Waals surface area contributed by atoms with Crippen LogP contribution >= 0.6 is 0 Å². The number of hydrogen-bond donors (Lipinski definition) is 2. The quantitative estimate of drug-likeness (QED) is 0.398. The lowest BCUT2D eigenvalue weighted by Gasteiger charge is -2.32. The van der Waals surface area contributed by atoms with Gasteiger partial charge in [-0.2, -0.15) is 10.4 Å². The Kier molecular flexibility index (Phi) is 7.24. The average Bonchev–Trinajstić information content (AvgIpc) is 3.45. The number of aryl methyl sites for hydroxylation is 1. The summed E-state index contributed by atoms with van der Waals surface area (Å²) in [4.78, 5) is 9.35. The molecule has 1 aromatic heterocycles. The average molecular weight is 437 g/mol. The monoisotopic (exact) mass is 436 g/mol. The fraction of sp³-hybridized carbons (Fsp3) is 0.522. The second-order valence-electron chi connectivity index (χ2n) is 8.18. The number of nitrogens with one attached hydrogen (secondary N) is 1. The van der Waals surface area contributed by atoms with E-state index in [4.69, 9.17) is 10.5 Å². The van der Waals surface area contributed by atoms with E-state index in [0.29, 0.717) is 23.8 Å². The third-order valence-corrected chi connectivity index (χ3v) is 6.22. The lowest BCUT2D eigenvalue weighted by atomic mass is 10.1. The van der Waals surface area contributed by atoms with Crippen molar-refractivity contribution in [1.82, 2.24) is 24.9 Å². The molecule has 1 aromatic carbocycles. The molecule has 9 nitrogen and oxygen atoms in total. The fourth-order valence-electron chi connectivity index (χ4n) is 4.50. The molecule has 170 valence electrons. The van der Waals surface area contributed by atoms with Gasteiger partial charge in [-0.05, 0) is 31.4 Å². The van der Waals surface area contributed by atoms with Crippen LogP contribution in [0.2, 0.25) is 0 Å². The zero-order chi connectivity index (χ0) is 22.3. The lowest BCUT2D eigenvalue weighted by Crippen LogP contribution is -2.46. The fourth-order valence-corrected chi connectivity index (χ4v) is 4.50. The van der Waals surface area contributed by atoms with Gasteiger partial charge in [0.2, 0.25) is 0 Å². The van der Waals surface area contributed by atoms with Gasteiger partial charge in [-0.25, -0.2) is 4.68 Å². The van der Waals surface area contributed by atoms with Crippen molar-refractivity contribution >= 4 is 11.8 Å². The van der Waals surface area contributed by atoms with Crippen LogP contribution in [0.25, 0.3) is 5.69 Å². The van der Waals surface area contributed by atoms with Crippen LogP contribution < -0.4 is 11.1 Å². The third-order valence-electron chi connectivity index (χ3n) is 6.22. The molecular formula is C23H32N8O. The molecule has 1 atom stereocenters. The maximum Gasteiger partial charge on any atom is 0.193 e. The van der Waals surface area contributed by atoms with Crippen molar-refractivity contribution < 1.29 is 4.74 Å². The van der Waals surface area contributed by atoms with Crippen LogP contribution in [0.15, 0.2) is 35.3 Å². The van der Waals surface area contributed by atoms with Crippen LogP contribution in [0.5, 0.6) is 0 Å². The Hall–Kier alpha value is -3.09. The van der Waals surface area contributed by atoms with Gasteiger partial charge in [0.25, 0.3) is 0 Å². The zero-order valence-electron chi connectivity index (χ0n) is 18.7. The number of nitriles is 1. The van der Waals surface area contributed by atoms with E-state index < -0.39 is 0 Å². The number of anilines is 1. The van der Waals surface area contributed by atoms with Gasteiger partial charge >= 0.3 is 0 Å². The summed E-state index contributed by atoms with van der Waals surface area (Å²) in [6.07, 6.45) is 2.66. The number of nitrogens with zero attached hydrogens (tertiary/aromatic N) is 6. The molecule has 2 aliphatic rings. The van der Waals surface area contributed by atoms with E-state index in [9.17, 15) is 5.26 Å². The number of aromatic nitrogens is 2. The molecule has 3 N–H and O–H groups in total. The minimum atomic E-state index is 0.392. The lowest BCUT2D eigenvalue weighted by molar-refractivity contribution is 0.0195. The van der Waals surface area contributed by atoms with Crippen molar-refractivity contribution in [2.45, 2.75) is 25.3 Å². The molecule has 2 saturated heterocycles. The number of rotatable bonds is 6. The Labute approximate surface area is 189 Å². The Bertz CT molecular complexity index is 958. The Balaban J connectivity index is 1.30. The highest BCUT2D eigenvalue weighted by atomic mass is 16.5. The Morgan fingerprint density at radius 1 is 1.28 bits per heavy atom. The van der Waals surface area contributed by atoms with Crippen LogP contribution in [0, 0.1) is 11.3 Å². The van der Waals surface area contributed by atoms with Crippen molar-refractivity contribution in [2.24, 2.45) is 4.99 Å². The van der Waals surface area contributed by atoms with E-state index in [1.54, 1.807) is 4.68 Å². The molecule has 0 spiro atoms. The van der Waals surface area contributed by atoms with Crippen molar-refractivity contribution in [1.29, 1.82) is 5.26 Å². The maximum absolute atomic E-state index is 9.58. The molecule has 0 bridgehead atoms. The molecule has 0 amide bonds. The smallest absolute Gasteiger partial charge is 0.193 e. The highest BCUT2D eigenvalue weighted by Crippen LogP contribution is 2.21. The highest BCUT2D eigenvalue weighted by Gasteiger charge is 2.30. The number of hydrogen-bond acceptors (Lipinski definition) is 6. The first kappa shape index (κ1) is 22.1. The Morgan fingerprint density at radius 2 is 2.06 bits per heavy atom. The van der Waals surface area contributed by atoms with E-state index in [0.717, 1.165) is 76.1 Å². The van der Waals surface area contributed by atoms with Gasteiger partial charge in [0.05, 0.1) is 24.6 Å². The number of aliphatic imine (C=N–C) groups is 1. The third kappa shape index (κ3) is 4.87. The number of para-hydroxylation sites is 1. The van der Waals surface area contributed by atoms with Crippen LogP contribution in [0.1, 0.15) is 24.1 Å². The summed E-state index contributed by atoms with van der Waals surface area (Å²) in [5, 5.41) is 17.7. The molecule has 32 heavy (non-hydrogen) atoms. The minimum absolute atomic E-state index is 0.392.